The first-order valence-corrected chi connectivity index (χ1v) is 12.5. The van der Waals surface area contributed by atoms with Crippen molar-refractivity contribution in [2.75, 3.05) is 0 Å². The van der Waals surface area contributed by atoms with Gasteiger partial charge in [0.2, 0.25) is 29.5 Å². The Morgan fingerprint density at radius 3 is 1.38 bits per heavy atom. The molecule has 19 nitrogen and oxygen atoms in total. The van der Waals surface area contributed by atoms with E-state index in [0.29, 0.717) is 0 Å². The molecule has 0 saturated carbocycles. The summed E-state index contributed by atoms with van der Waals surface area (Å²) in [7, 11) is 0. The predicted molar refractivity (Wildman–Crippen MR) is 138 cm³/mol. The Labute approximate surface area is 238 Å². The zero-order valence-electron chi connectivity index (χ0n) is 23.0. The molecule has 0 bridgehead atoms. The number of nitrogens with one attached hydrogen (secondary N) is 5. The third-order valence-corrected chi connectivity index (χ3v) is 5.53. The van der Waals surface area contributed by atoms with Crippen LogP contribution in [0, 0.1) is 0 Å². The number of carboxylic acids is 4. The van der Waals surface area contributed by atoms with Crippen molar-refractivity contribution in [3.05, 3.63) is 0 Å². The third kappa shape index (κ3) is 14.5. The van der Waals surface area contributed by atoms with E-state index in [1.807, 2.05) is 0 Å². The highest BCUT2D eigenvalue weighted by atomic mass is 16.4. The van der Waals surface area contributed by atoms with Gasteiger partial charge in [-0.1, -0.05) is 0 Å². The average molecular weight is 605 g/mol. The number of aliphatic carboxylic acids is 4. The standard InChI is InChI=1S/C23H36N6O13/c1-9(25-20(38)12(24)4-6-15(30)31)19(37)29-14(8-17(34)35)22(40)26-10(2)18(36)28-13(5-7-16(32)33)21(39)27-11(3)23(41)42/h9-14H,4-8,24H2,1-3H3,(H,25,38)(H,26,40)(H,27,39)(H,28,36)(H,29,37)(H,30,31)(H,32,33)(H,34,35)(H,41,42)/t9-,10-,11-,12-,13-,14-/m0/s1. The fourth-order valence-electron chi connectivity index (χ4n) is 3.07. The molecule has 0 spiro atoms. The van der Waals surface area contributed by atoms with Gasteiger partial charge in [0.1, 0.15) is 30.2 Å². The van der Waals surface area contributed by atoms with Crippen molar-refractivity contribution in [3.8, 4) is 0 Å². The zero-order chi connectivity index (χ0) is 32.7. The number of hydrogen-bond acceptors (Lipinski definition) is 10. The predicted octanol–water partition coefficient (Wildman–Crippen LogP) is -3.91. The molecule has 6 atom stereocenters. The second-order valence-electron chi connectivity index (χ2n) is 9.22. The maximum absolute atomic E-state index is 12.7. The highest BCUT2D eigenvalue weighted by molar-refractivity contribution is 5.97. The molecule has 0 aromatic carbocycles. The van der Waals surface area contributed by atoms with Gasteiger partial charge < -0.3 is 52.7 Å². The minimum atomic E-state index is -1.74. The van der Waals surface area contributed by atoms with Crippen LogP contribution in [-0.2, 0) is 43.2 Å². The largest absolute Gasteiger partial charge is 0.481 e. The van der Waals surface area contributed by atoms with Crippen molar-refractivity contribution in [3.63, 3.8) is 0 Å². The summed E-state index contributed by atoms with van der Waals surface area (Å²) in [5, 5.41) is 46.4. The molecule has 0 saturated heterocycles. The summed E-state index contributed by atoms with van der Waals surface area (Å²) >= 11 is 0. The van der Waals surface area contributed by atoms with Gasteiger partial charge in [-0.25, -0.2) is 0 Å². The van der Waals surface area contributed by atoms with E-state index in [1.165, 1.54) is 6.92 Å². The molecule has 0 radical (unpaired) electrons. The molecule has 0 aromatic heterocycles. The van der Waals surface area contributed by atoms with Gasteiger partial charge in [0, 0.05) is 12.8 Å². The summed E-state index contributed by atoms with van der Waals surface area (Å²) in [4.78, 5) is 106. The molecule has 5 amide bonds. The summed E-state index contributed by atoms with van der Waals surface area (Å²) in [5.74, 6) is -10.5. The van der Waals surface area contributed by atoms with Gasteiger partial charge in [0.25, 0.3) is 0 Å². The van der Waals surface area contributed by atoms with Crippen LogP contribution >= 0.6 is 0 Å². The van der Waals surface area contributed by atoms with E-state index in [-0.39, 0.29) is 6.42 Å². The van der Waals surface area contributed by atoms with Crippen LogP contribution < -0.4 is 32.3 Å². The Balaban J connectivity index is 5.39. The summed E-state index contributed by atoms with van der Waals surface area (Å²) < 4.78 is 0. The quantitative estimate of drug-likeness (QED) is 0.0673. The Hall–Kier alpha value is -4.81. The van der Waals surface area contributed by atoms with Crippen LogP contribution in [0.4, 0.5) is 0 Å². The monoisotopic (exact) mass is 604 g/mol. The van der Waals surface area contributed by atoms with E-state index in [2.05, 4.69) is 26.6 Å². The first-order valence-electron chi connectivity index (χ1n) is 12.5. The lowest BCUT2D eigenvalue weighted by atomic mass is 10.1. The van der Waals surface area contributed by atoms with E-state index in [1.54, 1.807) is 0 Å². The molecular formula is C23H36N6O13. The highest BCUT2D eigenvalue weighted by Crippen LogP contribution is 2.02. The van der Waals surface area contributed by atoms with Gasteiger partial charge in [-0.15, -0.1) is 0 Å². The normalized spacial score (nSPS) is 14.9. The number of carbonyl (C=O) groups is 9. The van der Waals surface area contributed by atoms with Crippen LogP contribution in [0.5, 0.6) is 0 Å². The van der Waals surface area contributed by atoms with Crippen LogP contribution in [0.15, 0.2) is 0 Å². The number of hydrogen-bond donors (Lipinski definition) is 10. The van der Waals surface area contributed by atoms with Crippen molar-refractivity contribution in [2.45, 2.75) is 89.1 Å². The molecule has 0 unspecified atom stereocenters. The number of nitrogens with two attached hydrogens (primary N) is 1. The summed E-state index contributed by atoms with van der Waals surface area (Å²) in [5.41, 5.74) is 5.57. The van der Waals surface area contributed by atoms with E-state index in [0.717, 1.165) is 13.8 Å². The van der Waals surface area contributed by atoms with Crippen molar-refractivity contribution in [1.82, 2.24) is 26.6 Å². The van der Waals surface area contributed by atoms with Gasteiger partial charge in [-0.2, -0.15) is 0 Å². The van der Waals surface area contributed by atoms with Crippen LogP contribution in [0.25, 0.3) is 0 Å². The van der Waals surface area contributed by atoms with E-state index >= 15 is 0 Å². The van der Waals surface area contributed by atoms with Crippen LogP contribution in [0.1, 0.15) is 52.9 Å². The van der Waals surface area contributed by atoms with Crippen LogP contribution in [0.3, 0.4) is 0 Å². The fourth-order valence-corrected chi connectivity index (χ4v) is 3.07. The Kier molecular flexibility index (Phi) is 15.8. The van der Waals surface area contributed by atoms with E-state index in [9.17, 15) is 43.2 Å². The molecule has 0 heterocycles. The number of amides is 5. The first kappa shape index (κ1) is 37.2. The number of rotatable bonds is 19. The Bertz CT molecular complexity index is 1070. The molecule has 11 N–H and O–H groups in total. The van der Waals surface area contributed by atoms with Gasteiger partial charge in [-0.3, -0.25) is 43.2 Å². The lowest BCUT2D eigenvalue weighted by molar-refractivity contribution is -0.142. The molecule has 42 heavy (non-hydrogen) atoms. The summed E-state index contributed by atoms with van der Waals surface area (Å²) in [6, 6.07) is -8.66. The zero-order valence-corrected chi connectivity index (χ0v) is 23.0. The average Bonchev–Trinajstić information content (AvgIpc) is 2.87. The van der Waals surface area contributed by atoms with Gasteiger partial charge in [-0.05, 0) is 33.6 Å². The lowest BCUT2D eigenvalue weighted by Crippen LogP contribution is -2.58. The summed E-state index contributed by atoms with van der Waals surface area (Å²) in [6.07, 6.45) is -2.58. The van der Waals surface area contributed by atoms with Crippen molar-refractivity contribution >= 4 is 53.4 Å². The van der Waals surface area contributed by atoms with Crippen LogP contribution in [0.2, 0.25) is 0 Å². The van der Waals surface area contributed by atoms with Crippen molar-refractivity contribution in [1.29, 1.82) is 0 Å². The molecule has 0 aromatic rings. The van der Waals surface area contributed by atoms with Gasteiger partial charge >= 0.3 is 23.9 Å². The van der Waals surface area contributed by atoms with Crippen molar-refractivity contribution < 1.29 is 63.6 Å². The highest BCUT2D eigenvalue weighted by Gasteiger charge is 2.31. The lowest BCUT2D eigenvalue weighted by Gasteiger charge is -2.24. The van der Waals surface area contributed by atoms with Crippen molar-refractivity contribution in [2.24, 2.45) is 5.73 Å². The first-order chi connectivity index (χ1) is 19.3. The van der Waals surface area contributed by atoms with E-state index in [4.69, 9.17) is 26.2 Å². The number of carbonyl (C=O) groups excluding carboxylic acids is 5. The SMILES string of the molecule is C[C@H](NC(=O)[C@H](CCC(=O)O)NC(=O)[C@H](C)NC(=O)[C@H](CC(=O)O)NC(=O)[C@H](C)NC(=O)[C@@H](N)CCC(=O)O)C(=O)O. The molecule has 0 aliphatic rings. The maximum Gasteiger partial charge on any atom is 0.325 e. The second kappa shape index (κ2) is 17.8. The topological polar surface area (TPSA) is 321 Å². The molecular weight excluding hydrogens is 568 g/mol. The fraction of sp³-hybridized carbons (Fsp3) is 0.609. The Morgan fingerprint density at radius 1 is 0.524 bits per heavy atom. The molecule has 0 aliphatic heterocycles. The maximum atomic E-state index is 12.7. The Morgan fingerprint density at radius 2 is 0.929 bits per heavy atom. The molecule has 0 fully saturated rings. The summed E-state index contributed by atoms with van der Waals surface area (Å²) in [6.45, 7) is 3.47. The van der Waals surface area contributed by atoms with Gasteiger partial charge in [0.05, 0.1) is 12.5 Å². The minimum absolute atomic E-state index is 0.225. The van der Waals surface area contributed by atoms with Gasteiger partial charge in [0.15, 0.2) is 0 Å². The van der Waals surface area contributed by atoms with Crippen LogP contribution in [-0.4, -0.2) is 110 Å². The minimum Gasteiger partial charge on any atom is -0.481 e. The number of carboxylic acid groups (broad SMARTS) is 4. The second-order valence-corrected chi connectivity index (χ2v) is 9.22. The smallest absolute Gasteiger partial charge is 0.325 e. The third-order valence-electron chi connectivity index (χ3n) is 5.53. The molecule has 0 aliphatic carbocycles. The molecule has 19 heteroatoms. The molecule has 236 valence electrons. The molecule has 0 rings (SSSR count). The van der Waals surface area contributed by atoms with E-state index < -0.39 is 115 Å².